The molecule has 7 heteroatoms. The van der Waals surface area contributed by atoms with Crippen molar-refractivity contribution in [3.05, 3.63) is 0 Å². The molecule has 16 heavy (non-hydrogen) atoms. The van der Waals surface area contributed by atoms with Gasteiger partial charge in [-0.2, -0.15) is 0 Å². The molecule has 1 amide bonds. The van der Waals surface area contributed by atoms with E-state index in [2.05, 4.69) is 9.73 Å². The molecular formula is C9H14N2O4S. The molecule has 0 spiro atoms. The van der Waals surface area contributed by atoms with Gasteiger partial charge < -0.3 is 9.47 Å². The molecule has 0 aliphatic carbocycles. The van der Waals surface area contributed by atoms with E-state index in [1.807, 2.05) is 0 Å². The summed E-state index contributed by atoms with van der Waals surface area (Å²) in [7, 11) is 1.31. The topological polar surface area (TPSA) is 68.2 Å². The van der Waals surface area contributed by atoms with Crippen LogP contribution in [-0.2, 0) is 14.3 Å². The van der Waals surface area contributed by atoms with Crippen molar-refractivity contribution in [1.82, 2.24) is 4.90 Å². The van der Waals surface area contributed by atoms with Crippen molar-refractivity contribution in [1.29, 1.82) is 0 Å². The summed E-state index contributed by atoms with van der Waals surface area (Å²) in [6, 6.07) is 0. The first-order valence-electron chi connectivity index (χ1n) is 4.87. The highest BCUT2D eigenvalue weighted by molar-refractivity contribution is 8.14. The van der Waals surface area contributed by atoms with Gasteiger partial charge in [0.15, 0.2) is 5.17 Å². The quantitative estimate of drug-likeness (QED) is 0.686. The van der Waals surface area contributed by atoms with Crippen LogP contribution in [0.15, 0.2) is 4.99 Å². The first-order valence-corrected chi connectivity index (χ1v) is 5.86. The van der Waals surface area contributed by atoms with Gasteiger partial charge >= 0.3 is 12.1 Å². The van der Waals surface area contributed by atoms with Crippen LogP contribution in [0.3, 0.4) is 0 Å². The van der Waals surface area contributed by atoms with E-state index < -0.39 is 6.09 Å². The van der Waals surface area contributed by atoms with E-state index in [9.17, 15) is 9.59 Å². The first kappa shape index (κ1) is 12.8. The Balaban J connectivity index is 2.41. The number of amidine groups is 1. The molecule has 0 unspecified atom stereocenters. The van der Waals surface area contributed by atoms with E-state index in [1.165, 1.54) is 23.8 Å². The van der Waals surface area contributed by atoms with Crippen LogP contribution >= 0.6 is 11.8 Å². The summed E-state index contributed by atoms with van der Waals surface area (Å²) >= 11 is 1.18. The Morgan fingerprint density at radius 1 is 1.56 bits per heavy atom. The number of hydrogen-bond acceptors (Lipinski definition) is 6. The van der Waals surface area contributed by atoms with Gasteiger partial charge in [-0.05, 0) is 6.92 Å². The zero-order valence-corrected chi connectivity index (χ0v) is 10.1. The molecule has 0 bridgehead atoms. The van der Waals surface area contributed by atoms with Crippen LogP contribution in [0.5, 0.6) is 0 Å². The minimum atomic E-state index is -0.451. The Hall–Kier alpha value is -1.24. The monoisotopic (exact) mass is 246 g/mol. The maximum Gasteiger partial charge on any atom is 0.415 e. The Morgan fingerprint density at radius 2 is 2.31 bits per heavy atom. The van der Waals surface area contributed by atoms with Crippen molar-refractivity contribution in [2.45, 2.75) is 6.92 Å². The fourth-order valence-electron chi connectivity index (χ4n) is 1.16. The van der Waals surface area contributed by atoms with E-state index in [4.69, 9.17) is 4.74 Å². The van der Waals surface area contributed by atoms with Gasteiger partial charge in [0.25, 0.3) is 0 Å². The molecule has 0 atom stereocenters. The zero-order chi connectivity index (χ0) is 12.0. The molecule has 1 heterocycles. The summed E-state index contributed by atoms with van der Waals surface area (Å²) in [5.74, 6) is -0.160. The van der Waals surface area contributed by atoms with Gasteiger partial charge in [0.1, 0.15) is 0 Å². The van der Waals surface area contributed by atoms with Gasteiger partial charge in [-0.3, -0.25) is 14.7 Å². The second-order valence-corrected chi connectivity index (χ2v) is 3.82. The minimum Gasteiger partial charge on any atom is -0.465 e. The Labute approximate surface area is 98.0 Å². The van der Waals surface area contributed by atoms with Gasteiger partial charge in [0, 0.05) is 0 Å². The fourth-order valence-corrected chi connectivity index (χ4v) is 1.99. The van der Waals surface area contributed by atoms with E-state index >= 15 is 0 Å². The molecule has 0 saturated heterocycles. The first-order chi connectivity index (χ1) is 7.69. The number of carbonyl (C=O) groups excluding carboxylic acids is 2. The number of hydrogen-bond donors (Lipinski definition) is 0. The average molecular weight is 246 g/mol. The number of ether oxygens (including phenoxy) is 2. The number of esters is 1. The fraction of sp³-hybridized carbons (Fsp3) is 0.667. The largest absolute Gasteiger partial charge is 0.465 e. The van der Waals surface area contributed by atoms with Crippen LogP contribution in [0.25, 0.3) is 0 Å². The molecule has 1 rings (SSSR count). The molecule has 6 nitrogen and oxygen atoms in total. The van der Waals surface area contributed by atoms with Crippen LogP contribution in [0, 0.1) is 0 Å². The molecule has 90 valence electrons. The van der Waals surface area contributed by atoms with Gasteiger partial charge in [0.05, 0.1) is 32.6 Å². The number of carbonyl (C=O) groups is 2. The number of aliphatic imine (C=N–C) groups is 1. The molecule has 0 aromatic heterocycles. The highest BCUT2D eigenvalue weighted by Gasteiger charge is 2.25. The van der Waals surface area contributed by atoms with Crippen molar-refractivity contribution >= 4 is 29.0 Å². The van der Waals surface area contributed by atoms with Gasteiger partial charge in [-0.15, -0.1) is 0 Å². The lowest BCUT2D eigenvalue weighted by Gasteiger charge is -2.15. The third-order valence-electron chi connectivity index (χ3n) is 1.82. The van der Waals surface area contributed by atoms with Gasteiger partial charge in [0.2, 0.25) is 0 Å². The summed E-state index contributed by atoms with van der Waals surface area (Å²) in [5, 5.41) is 0.514. The Kier molecular flexibility index (Phi) is 5.10. The lowest BCUT2D eigenvalue weighted by atomic mass is 10.6. The molecule has 0 fully saturated rings. The second-order valence-electron chi connectivity index (χ2n) is 2.88. The van der Waals surface area contributed by atoms with Crippen LogP contribution < -0.4 is 0 Å². The van der Waals surface area contributed by atoms with E-state index in [-0.39, 0.29) is 11.7 Å². The van der Waals surface area contributed by atoms with Crippen LogP contribution in [-0.4, -0.2) is 54.7 Å². The zero-order valence-electron chi connectivity index (χ0n) is 9.26. The lowest BCUT2D eigenvalue weighted by molar-refractivity contribution is -0.139. The highest BCUT2D eigenvalue weighted by Crippen LogP contribution is 2.15. The maximum atomic E-state index is 11.3. The molecule has 0 radical (unpaired) electrons. The van der Waals surface area contributed by atoms with Crippen molar-refractivity contribution in [2.75, 3.05) is 32.6 Å². The van der Waals surface area contributed by atoms with Crippen LogP contribution in [0.1, 0.15) is 6.92 Å². The van der Waals surface area contributed by atoms with E-state index in [1.54, 1.807) is 6.92 Å². The number of thioether (sulfide) groups is 1. The molecule has 1 aliphatic rings. The number of rotatable bonds is 3. The minimum absolute atomic E-state index is 0.153. The normalized spacial score (nSPS) is 14.6. The van der Waals surface area contributed by atoms with E-state index in [0.717, 1.165) is 0 Å². The summed E-state index contributed by atoms with van der Waals surface area (Å²) in [5.41, 5.74) is 0. The summed E-state index contributed by atoms with van der Waals surface area (Å²) in [4.78, 5) is 27.9. The second kappa shape index (κ2) is 6.37. The molecular weight excluding hydrogens is 232 g/mol. The molecule has 0 saturated carbocycles. The summed E-state index contributed by atoms with van der Waals surface area (Å²) < 4.78 is 9.37. The van der Waals surface area contributed by atoms with Gasteiger partial charge in [-0.25, -0.2) is 4.79 Å². The SMILES string of the molecule is CCOC(=O)CSC1=NCCN1C(=O)OC. The van der Waals surface area contributed by atoms with Crippen molar-refractivity contribution in [3.8, 4) is 0 Å². The predicted molar refractivity (Wildman–Crippen MR) is 60.5 cm³/mol. The van der Waals surface area contributed by atoms with Crippen LogP contribution in [0.4, 0.5) is 4.79 Å². The summed E-state index contributed by atoms with van der Waals surface area (Å²) in [6.07, 6.45) is -0.451. The number of nitrogens with zero attached hydrogens (tertiary/aromatic N) is 2. The Morgan fingerprint density at radius 3 is 2.94 bits per heavy atom. The highest BCUT2D eigenvalue weighted by atomic mass is 32.2. The van der Waals surface area contributed by atoms with Crippen molar-refractivity contribution in [2.24, 2.45) is 4.99 Å². The van der Waals surface area contributed by atoms with Gasteiger partial charge in [-0.1, -0.05) is 11.8 Å². The smallest absolute Gasteiger partial charge is 0.415 e. The molecule has 1 aliphatic heterocycles. The molecule has 0 aromatic rings. The maximum absolute atomic E-state index is 11.3. The third-order valence-corrected chi connectivity index (χ3v) is 2.81. The number of methoxy groups -OCH3 is 1. The third kappa shape index (κ3) is 3.41. The molecule has 0 N–H and O–H groups in total. The summed E-state index contributed by atoms with van der Waals surface area (Å²) in [6.45, 7) is 3.14. The standard InChI is InChI=1S/C9H14N2O4S/c1-3-15-7(12)6-16-8-10-4-5-11(8)9(13)14-2/h3-6H2,1-2H3. The van der Waals surface area contributed by atoms with Crippen molar-refractivity contribution in [3.63, 3.8) is 0 Å². The molecule has 0 aromatic carbocycles. The van der Waals surface area contributed by atoms with E-state index in [0.29, 0.717) is 24.9 Å². The number of amides is 1. The van der Waals surface area contributed by atoms with Crippen molar-refractivity contribution < 1.29 is 19.1 Å². The lowest BCUT2D eigenvalue weighted by Crippen LogP contribution is -2.33. The Bertz CT molecular complexity index is 306. The van der Waals surface area contributed by atoms with Crippen LogP contribution in [0.2, 0.25) is 0 Å². The predicted octanol–water partition coefficient (Wildman–Crippen LogP) is 0.721. The average Bonchev–Trinajstić information content (AvgIpc) is 2.74.